The summed E-state index contributed by atoms with van der Waals surface area (Å²) in [4.78, 5) is 12.7. The maximum absolute atomic E-state index is 10.7. The monoisotopic (exact) mass is 366 g/mol. The lowest BCUT2D eigenvalue weighted by molar-refractivity contribution is -0.384. The first-order valence-electron chi connectivity index (χ1n) is 9.11. The van der Waals surface area contributed by atoms with Crippen LogP contribution in [0.25, 0.3) is 0 Å². The van der Waals surface area contributed by atoms with Gasteiger partial charge in [-0.25, -0.2) is 0 Å². The number of nitrogens with zero attached hydrogens (tertiary/aromatic N) is 3. The number of nitrogens with one attached hydrogen (secondary N) is 1. The summed E-state index contributed by atoms with van der Waals surface area (Å²) in [6.45, 7) is 8.93. The third-order valence-corrected chi connectivity index (χ3v) is 5.50. The van der Waals surface area contributed by atoms with Crippen LogP contribution < -0.4 is 10.3 Å². The van der Waals surface area contributed by atoms with E-state index in [9.17, 15) is 10.1 Å². The summed E-state index contributed by atoms with van der Waals surface area (Å²) in [7, 11) is 2.16. The van der Waals surface area contributed by atoms with Crippen LogP contribution in [0.15, 0.2) is 41.5 Å². The summed E-state index contributed by atoms with van der Waals surface area (Å²) in [5, 5.41) is 15.0. The average Bonchev–Trinajstić information content (AvgIpc) is 2.61. The molecule has 27 heavy (non-hydrogen) atoms. The summed E-state index contributed by atoms with van der Waals surface area (Å²) >= 11 is 0. The SMILES string of the molecule is Cc1cc2c(cc1/C=N\Nc1ccc([N+](=O)[O-])cc1)C(C)CC(C)(C)N2C. The molecule has 6 heteroatoms. The van der Waals surface area contributed by atoms with Crippen molar-refractivity contribution in [2.24, 2.45) is 5.10 Å². The molecule has 1 N–H and O–H groups in total. The van der Waals surface area contributed by atoms with Crippen LogP contribution in [0.2, 0.25) is 0 Å². The minimum atomic E-state index is -0.414. The van der Waals surface area contributed by atoms with Gasteiger partial charge in [0.1, 0.15) is 0 Å². The molecule has 0 saturated heterocycles. The Bertz CT molecular complexity index is 888. The Morgan fingerprint density at radius 2 is 1.96 bits per heavy atom. The first kappa shape index (κ1) is 18.9. The molecule has 2 aromatic rings. The Labute approximate surface area is 160 Å². The molecule has 1 heterocycles. The van der Waals surface area contributed by atoms with Crippen LogP contribution in [0.3, 0.4) is 0 Å². The van der Waals surface area contributed by atoms with Crippen LogP contribution >= 0.6 is 0 Å². The Morgan fingerprint density at radius 3 is 2.59 bits per heavy atom. The van der Waals surface area contributed by atoms with E-state index in [1.807, 2.05) is 6.21 Å². The Morgan fingerprint density at radius 1 is 1.30 bits per heavy atom. The van der Waals surface area contributed by atoms with E-state index in [-0.39, 0.29) is 11.2 Å². The standard InChI is InChI=1S/C21H26N4O2/c1-14-10-20-19(15(2)12-21(3,4)24(20)5)11-16(14)13-22-23-17-6-8-18(9-7-17)25(26)27/h6-11,13,15,23H,12H2,1-5H3/b22-13-. The van der Waals surface area contributed by atoms with Crippen molar-refractivity contribution < 1.29 is 4.92 Å². The van der Waals surface area contributed by atoms with Crippen LogP contribution in [0.5, 0.6) is 0 Å². The number of benzene rings is 2. The number of fused-ring (bicyclic) bond motifs is 1. The third-order valence-electron chi connectivity index (χ3n) is 5.50. The van der Waals surface area contributed by atoms with Crippen molar-refractivity contribution in [3.63, 3.8) is 0 Å². The van der Waals surface area contributed by atoms with E-state index < -0.39 is 4.92 Å². The van der Waals surface area contributed by atoms with Gasteiger partial charge in [-0.05, 0) is 74.1 Å². The fourth-order valence-corrected chi connectivity index (χ4v) is 3.71. The van der Waals surface area contributed by atoms with Crippen molar-refractivity contribution >= 4 is 23.3 Å². The second kappa shape index (κ2) is 7.02. The molecule has 2 aromatic carbocycles. The highest BCUT2D eigenvalue weighted by molar-refractivity contribution is 5.84. The van der Waals surface area contributed by atoms with E-state index in [4.69, 9.17) is 0 Å². The molecule has 3 rings (SSSR count). The normalized spacial score (nSPS) is 18.4. The molecule has 6 nitrogen and oxygen atoms in total. The van der Waals surface area contributed by atoms with Gasteiger partial charge >= 0.3 is 0 Å². The molecule has 0 bridgehead atoms. The van der Waals surface area contributed by atoms with Crippen molar-refractivity contribution in [1.29, 1.82) is 0 Å². The van der Waals surface area contributed by atoms with E-state index >= 15 is 0 Å². The number of hydrazone groups is 1. The lowest BCUT2D eigenvalue weighted by atomic mass is 9.79. The highest BCUT2D eigenvalue weighted by Gasteiger charge is 2.34. The number of nitro benzene ring substituents is 1. The van der Waals surface area contributed by atoms with Gasteiger partial charge in [-0.3, -0.25) is 15.5 Å². The molecule has 142 valence electrons. The van der Waals surface area contributed by atoms with Crippen molar-refractivity contribution in [2.45, 2.75) is 45.6 Å². The average molecular weight is 366 g/mol. The van der Waals surface area contributed by atoms with E-state index in [0.717, 1.165) is 12.0 Å². The summed E-state index contributed by atoms with van der Waals surface area (Å²) in [6.07, 6.45) is 2.92. The zero-order valence-corrected chi connectivity index (χ0v) is 16.5. The summed E-state index contributed by atoms with van der Waals surface area (Å²) < 4.78 is 0. The highest BCUT2D eigenvalue weighted by Crippen LogP contribution is 2.43. The number of rotatable bonds is 4. The zero-order valence-electron chi connectivity index (χ0n) is 16.5. The number of aryl methyl sites for hydroxylation is 1. The number of hydrogen-bond acceptors (Lipinski definition) is 5. The Balaban J connectivity index is 1.81. The Kier molecular flexibility index (Phi) is 4.91. The highest BCUT2D eigenvalue weighted by atomic mass is 16.6. The number of hydrogen-bond donors (Lipinski definition) is 1. The molecule has 0 aromatic heterocycles. The third kappa shape index (κ3) is 3.79. The van der Waals surface area contributed by atoms with Crippen LogP contribution in [0.4, 0.5) is 17.1 Å². The minimum absolute atomic E-state index is 0.0658. The van der Waals surface area contributed by atoms with Gasteiger partial charge in [0.2, 0.25) is 0 Å². The van der Waals surface area contributed by atoms with Gasteiger partial charge in [0.05, 0.1) is 16.8 Å². The van der Waals surface area contributed by atoms with Gasteiger partial charge in [-0.15, -0.1) is 0 Å². The fourth-order valence-electron chi connectivity index (χ4n) is 3.71. The smallest absolute Gasteiger partial charge is 0.269 e. The molecule has 0 fully saturated rings. The van der Waals surface area contributed by atoms with E-state index in [1.165, 1.54) is 28.9 Å². The van der Waals surface area contributed by atoms with Gasteiger partial charge in [0.25, 0.3) is 5.69 Å². The molecule has 1 atom stereocenters. The maximum atomic E-state index is 10.7. The first-order valence-corrected chi connectivity index (χ1v) is 9.11. The van der Waals surface area contributed by atoms with E-state index in [0.29, 0.717) is 11.6 Å². The quantitative estimate of drug-likeness (QED) is 0.466. The molecule has 1 aliphatic rings. The molecular formula is C21H26N4O2. The molecule has 1 aliphatic heterocycles. The van der Waals surface area contributed by atoms with Crippen LogP contribution in [0.1, 0.15) is 49.8 Å². The lowest BCUT2D eigenvalue weighted by Gasteiger charge is -2.45. The van der Waals surface area contributed by atoms with Gasteiger partial charge < -0.3 is 4.90 Å². The second-order valence-corrected chi connectivity index (χ2v) is 7.92. The maximum Gasteiger partial charge on any atom is 0.269 e. The van der Waals surface area contributed by atoms with E-state index in [2.05, 4.69) is 62.3 Å². The van der Waals surface area contributed by atoms with Crippen molar-refractivity contribution in [1.82, 2.24) is 0 Å². The molecule has 0 radical (unpaired) electrons. The fraction of sp³-hybridized carbons (Fsp3) is 0.381. The Hall–Kier alpha value is -2.89. The lowest BCUT2D eigenvalue weighted by Crippen LogP contribution is -2.45. The molecular weight excluding hydrogens is 340 g/mol. The van der Waals surface area contributed by atoms with Crippen LogP contribution in [0, 0.1) is 17.0 Å². The molecule has 0 spiro atoms. The molecule has 0 aliphatic carbocycles. The first-order chi connectivity index (χ1) is 12.7. The largest absolute Gasteiger partial charge is 0.369 e. The summed E-state index contributed by atoms with van der Waals surface area (Å²) in [5.74, 6) is 0.488. The summed E-state index contributed by atoms with van der Waals surface area (Å²) in [5.41, 5.74) is 8.73. The zero-order chi connectivity index (χ0) is 19.8. The predicted molar refractivity (Wildman–Crippen MR) is 111 cm³/mol. The second-order valence-electron chi connectivity index (χ2n) is 7.92. The van der Waals surface area contributed by atoms with Gasteiger partial charge in [0, 0.05) is 30.4 Å². The van der Waals surface area contributed by atoms with Gasteiger partial charge in [0.15, 0.2) is 0 Å². The van der Waals surface area contributed by atoms with Gasteiger partial charge in [-0.1, -0.05) is 6.92 Å². The number of nitro groups is 1. The number of non-ortho nitro benzene ring substituents is 1. The topological polar surface area (TPSA) is 70.8 Å². The predicted octanol–water partition coefficient (Wildman–Crippen LogP) is 5.07. The van der Waals surface area contributed by atoms with Crippen molar-refractivity contribution in [3.8, 4) is 0 Å². The van der Waals surface area contributed by atoms with Crippen molar-refractivity contribution in [2.75, 3.05) is 17.4 Å². The van der Waals surface area contributed by atoms with Crippen LogP contribution in [-0.4, -0.2) is 23.7 Å². The van der Waals surface area contributed by atoms with Crippen LogP contribution in [-0.2, 0) is 0 Å². The molecule has 0 amide bonds. The molecule has 1 unspecified atom stereocenters. The molecule has 0 saturated carbocycles. The summed E-state index contributed by atoms with van der Waals surface area (Å²) in [6, 6.07) is 10.7. The minimum Gasteiger partial charge on any atom is -0.369 e. The van der Waals surface area contributed by atoms with Crippen molar-refractivity contribution in [3.05, 3.63) is 63.2 Å². The van der Waals surface area contributed by atoms with Gasteiger partial charge in [-0.2, -0.15) is 5.10 Å². The number of anilines is 2. The van der Waals surface area contributed by atoms with E-state index in [1.54, 1.807) is 12.1 Å².